The summed E-state index contributed by atoms with van der Waals surface area (Å²) in [5.41, 5.74) is 4.42. The fraction of sp³-hybridized carbons (Fsp3) is 0.154. The molecule has 0 aliphatic heterocycles. The third kappa shape index (κ3) is 7.41. The number of nitrogens with zero attached hydrogens (tertiary/aromatic N) is 1. The smallest absolute Gasteiger partial charge is 0.343 e. The van der Waals surface area contributed by atoms with E-state index in [1.54, 1.807) is 73.7 Å². The fourth-order valence-electron chi connectivity index (χ4n) is 2.89. The van der Waals surface area contributed by atoms with Gasteiger partial charge in [-0.2, -0.15) is 5.10 Å². The van der Waals surface area contributed by atoms with Crippen molar-refractivity contribution in [3.8, 4) is 11.5 Å². The number of hydrazone groups is 1. The van der Waals surface area contributed by atoms with Gasteiger partial charge in [-0.25, -0.2) is 10.2 Å². The Kier molecular flexibility index (Phi) is 8.97. The molecule has 0 aliphatic rings. The van der Waals surface area contributed by atoms with Gasteiger partial charge >= 0.3 is 5.97 Å². The van der Waals surface area contributed by atoms with Gasteiger partial charge in [0.1, 0.15) is 0 Å². The molecule has 3 aromatic carbocycles. The number of esters is 1. The second-order valence-corrected chi connectivity index (χ2v) is 7.65. The summed E-state index contributed by atoms with van der Waals surface area (Å²) in [6, 6.07) is 17.7. The van der Waals surface area contributed by atoms with Crippen LogP contribution in [0, 0.1) is 0 Å². The Morgan fingerprint density at radius 2 is 1.60 bits per heavy atom. The Labute approximate surface area is 207 Å². The minimum absolute atomic E-state index is 0.107. The SMILES string of the molecule is CCOc1cc(/C=N/NC(=O)c2ccc(NC(=O)CC)cc2)ccc1OC(=O)c1ccc(Cl)cc1. The van der Waals surface area contributed by atoms with E-state index in [0.717, 1.165) is 0 Å². The van der Waals surface area contributed by atoms with E-state index in [9.17, 15) is 14.4 Å². The number of carbonyl (C=O) groups is 3. The summed E-state index contributed by atoms with van der Waals surface area (Å²) in [6.45, 7) is 3.93. The maximum Gasteiger partial charge on any atom is 0.343 e. The Bertz CT molecular complexity index is 1220. The number of amides is 2. The Morgan fingerprint density at radius 1 is 0.914 bits per heavy atom. The van der Waals surface area contributed by atoms with E-state index in [2.05, 4.69) is 15.8 Å². The van der Waals surface area contributed by atoms with Crippen LogP contribution in [0.25, 0.3) is 0 Å². The van der Waals surface area contributed by atoms with Crippen LogP contribution in [-0.2, 0) is 4.79 Å². The number of hydrogen-bond donors (Lipinski definition) is 2. The number of hydrogen-bond acceptors (Lipinski definition) is 6. The monoisotopic (exact) mass is 493 g/mol. The summed E-state index contributed by atoms with van der Waals surface area (Å²) in [5, 5.41) is 7.21. The minimum Gasteiger partial charge on any atom is -0.490 e. The summed E-state index contributed by atoms with van der Waals surface area (Å²) in [7, 11) is 0. The third-order valence-electron chi connectivity index (χ3n) is 4.68. The van der Waals surface area contributed by atoms with Crippen LogP contribution in [0.5, 0.6) is 11.5 Å². The lowest BCUT2D eigenvalue weighted by molar-refractivity contribution is -0.115. The van der Waals surface area contributed by atoms with Crippen LogP contribution in [-0.4, -0.2) is 30.6 Å². The highest BCUT2D eigenvalue weighted by Crippen LogP contribution is 2.29. The molecule has 0 radical (unpaired) electrons. The number of carbonyl (C=O) groups excluding carboxylic acids is 3. The maximum absolute atomic E-state index is 12.4. The second kappa shape index (κ2) is 12.3. The molecule has 35 heavy (non-hydrogen) atoms. The Morgan fingerprint density at radius 3 is 2.26 bits per heavy atom. The van der Waals surface area contributed by atoms with E-state index in [0.29, 0.717) is 46.2 Å². The molecule has 0 aliphatic carbocycles. The van der Waals surface area contributed by atoms with Crippen molar-refractivity contribution in [3.63, 3.8) is 0 Å². The number of benzene rings is 3. The molecule has 3 rings (SSSR count). The van der Waals surface area contributed by atoms with Gasteiger partial charge in [-0.15, -0.1) is 0 Å². The highest BCUT2D eigenvalue weighted by molar-refractivity contribution is 6.30. The molecule has 180 valence electrons. The molecule has 0 atom stereocenters. The van der Waals surface area contributed by atoms with Gasteiger partial charge in [0.15, 0.2) is 11.5 Å². The van der Waals surface area contributed by atoms with Gasteiger partial charge in [0.25, 0.3) is 5.91 Å². The second-order valence-electron chi connectivity index (χ2n) is 7.21. The van der Waals surface area contributed by atoms with Crippen molar-refractivity contribution in [2.75, 3.05) is 11.9 Å². The number of rotatable bonds is 9. The average Bonchev–Trinajstić information content (AvgIpc) is 2.86. The first-order valence-electron chi connectivity index (χ1n) is 10.9. The zero-order valence-corrected chi connectivity index (χ0v) is 20.0. The van der Waals surface area contributed by atoms with Crippen molar-refractivity contribution in [1.82, 2.24) is 5.43 Å². The first-order valence-corrected chi connectivity index (χ1v) is 11.2. The van der Waals surface area contributed by atoms with Gasteiger partial charge in [-0.3, -0.25) is 9.59 Å². The lowest BCUT2D eigenvalue weighted by Gasteiger charge is -2.11. The van der Waals surface area contributed by atoms with E-state index in [1.807, 2.05) is 6.92 Å². The summed E-state index contributed by atoms with van der Waals surface area (Å²) in [4.78, 5) is 36.2. The first-order chi connectivity index (χ1) is 16.9. The van der Waals surface area contributed by atoms with Crippen molar-refractivity contribution in [3.05, 3.63) is 88.4 Å². The Hall–Kier alpha value is -4.17. The van der Waals surface area contributed by atoms with E-state index in [-0.39, 0.29) is 11.7 Å². The van der Waals surface area contributed by atoms with E-state index < -0.39 is 11.9 Å². The van der Waals surface area contributed by atoms with Gasteiger partial charge in [0.05, 0.1) is 18.4 Å². The number of ether oxygens (including phenoxy) is 2. The molecule has 0 aromatic heterocycles. The van der Waals surface area contributed by atoms with Gasteiger partial charge < -0.3 is 14.8 Å². The predicted octanol–water partition coefficient (Wildman–Crippen LogP) is 5.07. The number of anilines is 1. The largest absolute Gasteiger partial charge is 0.490 e. The molecule has 0 spiro atoms. The molecule has 0 saturated carbocycles. The lowest BCUT2D eigenvalue weighted by atomic mass is 10.2. The fourth-order valence-corrected chi connectivity index (χ4v) is 3.01. The summed E-state index contributed by atoms with van der Waals surface area (Å²) in [6.07, 6.45) is 1.81. The molecule has 2 N–H and O–H groups in total. The van der Waals surface area contributed by atoms with Crippen molar-refractivity contribution in [1.29, 1.82) is 0 Å². The normalized spacial score (nSPS) is 10.6. The van der Waals surface area contributed by atoms with Crippen molar-refractivity contribution < 1.29 is 23.9 Å². The van der Waals surface area contributed by atoms with Crippen LogP contribution in [0.1, 0.15) is 46.5 Å². The van der Waals surface area contributed by atoms with Crippen molar-refractivity contribution >= 4 is 41.3 Å². The highest BCUT2D eigenvalue weighted by Gasteiger charge is 2.13. The molecule has 3 aromatic rings. The standard InChI is InChI=1S/C26H24ClN3O5/c1-3-24(31)29-21-12-8-18(9-13-21)25(32)30-28-16-17-5-14-22(23(15-17)34-4-2)35-26(33)19-6-10-20(27)11-7-19/h5-16H,3-4H2,1-2H3,(H,29,31)(H,30,32)/b28-16+. The zero-order valence-electron chi connectivity index (χ0n) is 19.2. The van der Waals surface area contributed by atoms with E-state index in [1.165, 1.54) is 6.21 Å². The molecule has 0 bridgehead atoms. The number of halogens is 1. The van der Waals surface area contributed by atoms with Gasteiger partial charge in [0.2, 0.25) is 5.91 Å². The van der Waals surface area contributed by atoms with Crippen LogP contribution in [0.2, 0.25) is 5.02 Å². The molecule has 0 heterocycles. The van der Waals surface area contributed by atoms with Crippen molar-refractivity contribution in [2.45, 2.75) is 20.3 Å². The molecular formula is C26H24ClN3O5. The molecule has 0 unspecified atom stereocenters. The molecule has 8 nitrogen and oxygen atoms in total. The quantitative estimate of drug-likeness (QED) is 0.187. The topological polar surface area (TPSA) is 106 Å². The van der Waals surface area contributed by atoms with Gasteiger partial charge in [-0.05, 0) is 79.2 Å². The third-order valence-corrected chi connectivity index (χ3v) is 4.93. The lowest BCUT2D eigenvalue weighted by Crippen LogP contribution is -2.17. The number of nitrogens with one attached hydrogen (secondary N) is 2. The van der Waals surface area contributed by atoms with Crippen LogP contribution < -0.4 is 20.2 Å². The highest BCUT2D eigenvalue weighted by atomic mass is 35.5. The molecular weight excluding hydrogens is 470 g/mol. The van der Waals surface area contributed by atoms with Crippen LogP contribution >= 0.6 is 11.6 Å². The van der Waals surface area contributed by atoms with E-state index in [4.69, 9.17) is 21.1 Å². The summed E-state index contributed by atoms with van der Waals surface area (Å²) < 4.78 is 11.1. The summed E-state index contributed by atoms with van der Waals surface area (Å²) >= 11 is 5.86. The zero-order chi connectivity index (χ0) is 25.2. The molecule has 2 amide bonds. The average molecular weight is 494 g/mol. The van der Waals surface area contributed by atoms with E-state index >= 15 is 0 Å². The van der Waals surface area contributed by atoms with Crippen molar-refractivity contribution in [2.24, 2.45) is 5.10 Å². The predicted molar refractivity (Wildman–Crippen MR) is 134 cm³/mol. The maximum atomic E-state index is 12.4. The minimum atomic E-state index is -0.545. The Balaban J connectivity index is 1.64. The summed E-state index contributed by atoms with van der Waals surface area (Å²) in [5.74, 6) is -0.452. The van der Waals surface area contributed by atoms with Gasteiger partial charge in [-0.1, -0.05) is 18.5 Å². The van der Waals surface area contributed by atoms with Gasteiger partial charge in [0, 0.05) is 22.7 Å². The molecule has 0 saturated heterocycles. The first kappa shape index (κ1) is 25.5. The van der Waals surface area contributed by atoms with Crippen LogP contribution in [0.3, 0.4) is 0 Å². The molecule has 0 fully saturated rings. The van der Waals surface area contributed by atoms with Crippen LogP contribution in [0.4, 0.5) is 5.69 Å². The molecule has 9 heteroatoms. The van der Waals surface area contributed by atoms with Crippen LogP contribution in [0.15, 0.2) is 71.8 Å².